The van der Waals surface area contributed by atoms with Crippen LogP contribution < -0.4 is 0 Å². The molecular formula is C13H25. The van der Waals surface area contributed by atoms with E-state index in [-0.39, 0.29) is 0 Å². The molecule has 0 saturated carbocycles. The molecule has 0 aromatic rings. The summed E-state index contributed by atoms with van der Waals surface area (Å²) in [5.74, 6) is 0. The van der Waals surface area contributed by atoms with Crippen LogP contribution in [0.3, 0.4) is 0 Å². The summed E-state index contributed by atoms with van der Waals surface area (Å²) < 4.78 is 0. The van der Waals surface area contributed by atoms with Crippen LogP contribution in [-0.4, -0.2) is 0 Å². The summed E-state index contributed by atoms with van der Waals surface area (Å²) in [6.45, 7) is 10.3. The minimum atomic E-state index is 1.12. The molecule has 0 N–H and O–H groups in total. The van der Waals surface area contributed by atoms with Gasteiger partial charge in [-0.15, -0.1) is 0 Å². The van der Waals surface area contributed by atoms with E-state index in [1.54, 1.807) is 0 Å². The van der Waals surface area contributed by atoms with E-state index in [0.717, 1.165) is 12.8 Å². The molecule has 1 radical (unpaired) electrons. The molecule has 0 amide bonds. The van der Waals surface area contributed by atoms with E-state index < -0.39 is 0 Å². The molecule has 0 bridgehead atoms. The third kappa shape index (κ3) is 9.66. The van der Waals surface area contributed by atoms with Crippen molar-refractivity contribution in [2.75, 3.05) is 0 Å². The van der Waals surface area contributed by atoms with Crippen molar-refractivity contribution in [2.45, 2.75) is 71.6 Å². The summed E-state index contributed by atoms with van der Waals surface area (Å²) in [6, 6.07) is 0. The predicted molar refractivity (Wildman–Crippen MR) is 60.7 cm³/mol. The average Bonchev–Trinajstić information content (AvgIpc) is 2.11. The maximum Gasteiger partial charge on any atom is -0.0317 e. The van der Waals surface area contributed by atoms with Crippen molar-refractivity contribution < 1.29 is 0 Å². The van der Waals surface area contributed by atoms with E-state index >= 15 is 0 Å². The Morgan fingerprint density at radius 3 is 2.00 bits per heavy atom. The van der Waals surface area contributed by atoms with E-state index in [0.29, 0.717) is 0 Å². The van der Waals surface area contributed by atoms with E-state index in [2.05, 4.69) is 13.8 Å². The van der Waals surface area contributed by atoms with Gasteiger partial charge in [-0.1, -0.05) is 64.5 Å². The van der Waals surface area contributed by atoms with Crippen LogP contribution >= 0.6 is 0 Å². The highest BCUT2D eigenvalue weighted by atomic mass is 14.0. The minimum absolute atomic E-state index is 1.12. The summed E-state index contributed by atoms with van der Waals surface area (Å²) in [6.07, 6.45) is 11.7. The van der Waals surface area contributed by atoms with Crippen molar-refractivity contribution in [3.63, 3.8) is 0 Å². The molecule has 77 valence electrons. The van der Waals surface area contributed by atoms with Crippen molar-refractivity contribution in [1.29, 1.82) is 0 Å². The number of hydrogen-bond acceptors (Lipinski definition) is 0. The molecule has 0 saturated heterocycles. The first kappa shape index (κ1) is 12.7. The molecule has 0 spiro atoms. The zero-order chi connectivity index (χ0) is 9.94. The fraction of sp³-hybridized carbons (Fsp3) is 0.846. The van der Waals surface area contributed by atoms with Crippen LogP contribution in [0.4, 0.5) is 0 Å². The number of rotatable bonds is 9. The number of hydrogen-bond donors (Lipinski definition) is 0. The van der Waals surface area contributed by atoms with Gasteiger partial charge in [0.25, 0.3) is 0 Å². The van der Waals surface area contributed by atoms with Gasteiger partial charge in [0.2, 0.25) is 0 Å². The Morgan fingerprint density at radius 1 is 0.769 bits per heavy atom. The van der Waals surface area contributed by atoms with Gasteiger partial charge in [0.15, 0.2) is 0 Å². The van der Waals surface area contributed by atoms with Crippen LogP contribution in [0.5, 0.6) is 0 Å². The first-order valence-electron chi connectivity index (χ1n) is 5.91. The molecule has 0 aromatic heterocycles. The van der Waals surface area contributed by atoms with E-state index in [1.807, 2.05) is 0 Å². The van der Waals surface area contributed by atoms with Crippen LogP contribution in [0, 0.1) is 6.58 Å². The highest BCUT2D eigenvalue weighted by Gasteiger charge is 1.94. The predicted octanol–water partition coefficient (Wildman–Crippen LogP) is 4.90. The summed E-state index contributed by atoms with van der Waals surface area (Å²) in [5, 5.41) is 0. The van der Waals surface area contributed by atoms with Crippen molar-refractivity contribution >= 4 is 0 Å². The third-order valence-electron chi connectivity index (χ3n) is 2.42. The molecule has 0 heterocycles. The van der Waals surface area contributed by atoms with E-state index in [9.17, 15) is 0 Å². The highest BCUT2D eigenvalue weighted by Crippen LogP contribution is 2.13. The molecule has 0 aliphatic carbocycles. The Balaban J connectivity index is 3.02. The fourth-order valence-electron chi connectivity index (χ4n) is 1.58. The lowest BCUT2D eigenvalue weighted by atomic mass is 10.0. The summed E-state index contributed by atoms with van der Waals surface area (Å²) in [5.41, 5.74) is 1.21. The Labute approximate surface area is 84.4 Å². The van der Waals surface area contributed by atoms with Crippen LogP contribution in [-0.2, 0) is 0 Å². The van der Waals surface area contributed by atoms with Crippen molar-refractivity contribution in [1.82, 2.24) is 0 Å². The zero-order valence-electron chi connectivity index (χ0n) is 9.44. The smallest absolute Gasteiger partial charge is 0.0317 e. The normalized spacial score (nSPS) is 10.3. The molecule has 13 heavy (non-hydrogen) atoms. The summed E-state index contributed by atoms with van der Waals surface area (Å²) in [7, 11) is 0. The lowest BCUT2D eigenvalue weighted by Gasteiger charge is -2.03. The van der Waals surface area contributed by atoms with Crippen molar-refractivity contribution in [3.05, 3.63) is 12.2 Å². The second-order valence-corrected chi connectivity index (χ2v) is 3.93. The second kappa shape index (κ2) is 9.83. The lowest BCUT2D eigenvalue weighted by Crippen LogP contribution is -1.83. The van der Waals surface area contributed by atoms with Crippen LogP contribution in [0.1, 0.15) is 71.6 Å². The van der Waals surface area contributed by atoms with Gasteiger partial charge >= 0.3 is 0 Å². The molecule has 0 heteroatoms. The molecule has 0 aliphatic rings. The Kier molecular flexibility index (Phi) is 9.63. The molecule has 0 aromatic carbocycles. The number of unbranched alkanes of at least 4 members (excludes halogenated alkanes) is 5. The quantitative estimate of drug-likeness (QED) is 0.444. The summed E-state index contributed by atoms with van der Waals surface area (Å²) >= 11 is 0. The third-order valence-corrected chi connectivity index (χ3v) is 2.42. The SMILES string of the molecule is [CH]=C(CCC)CCCCCCCC. The number of allylic oxidation sites excluding steroid dienone is 1. The van der Waals surface area contributed by atoms with E-state index in [1.165, 1.54) is 50.5 Å². The Hall–Kier alpha value is -0.260. The van der Waals surface area contributed by atoms with Crippen LogP contribution in [0.25, 0.3) is 0 Å². The van der Waals surface area contributed by atoms with Gasteiger partial charge in [-0.25, -0.2) is 0 Å². The standard InChI is InChI=1S/C13H25/c1-4-6-7-8-9-10-12-13(3)11-5-2/h3H,4-12H2,1-2H3. The van der Waals surface area contributed by atoms with E-state index in [4.69, 9.17) is 6.58 Å². The highest BCUT2D eigenvalue weighted by molar-refractivity contribution is 4.89. The molecular weight excluding hydrogens is 156 g/mol. The lowest BCUT2D eigenvalue weighted by molar-refractivity contribution is 0.601. The first-order valence-corrected chi connectivity index (χ1v) is 5.91. The monoisotopic (exact) mass is 181 g/mol. The Morgan fingerprint density at radius 2 is 1.38 bits per heavy atom. The van der Waals surface area contributed by atoms with Gasteiger partial charge in [0, 0.05) is 0 Å². The molecule has 0 nitrogen and oxygen atoms in total. The molecule has 0 unspecified atom stereocenters. The van der Waals surface area contributed by atoms with Crippen molar-refractivity contribution in [3.8, 4) is 0 Å². The van der Waals surface area contributed by atoms with Crippen LogP contribution in [0.15, 0.2) is 5.57 Å². The second-order valence-electron chi connectivity index (χ2n) is 3.93. The van der Waals surface area contributed by atoms with Gasteiger partial charge in [0.05, 0.1) is 0 Å². The Bertz CT molecular complexity index is 113. The first-order chi connectivity index (χ1) is 6.31. The van der Waals surface area contributed by atoms with Crippen LogP contribution in [0.2, 0.25) is 0 Å². The zero-order valence-corrected chi connectivity index (χ0v) is 9.44. The molecule has 0 atom stereocenters. The topological polar surface area (TPSA) is 0 Å². The van der Waals surface area contributed by atoms with Gasteiger partial charge in [-0.2, -0.15) is 0 Å². The van der Waals surface area contributed by atoms with Crippen molar-refractivity contribution in [2.24, 2.45) is 0 Å². The molecule has 0 rings (SSSR count). The summed E-state index contributed by atoms with van der Waals surface area (Å²) in [4.78, 5) is 0. The maximum absolute atomic E-state index is 5.84. The van der Waals surface area contributed by atoms with Gasteiger partial charge < -0.3 is 0 Å². The molecule has 0 fully saturated rings. The largest absolute Gasteiger partial charge is 0.0702 e. The average molecular weight is 181 g/mol. The van der Waals surface area contributed by atoms with Gasteiger partial charge in [-0.05, 0) is 19.3 Å². The maximum atomic E-state index is 5.84. The van der Waals surface area contributed by atoms with Gasteiger partial charge in [-0.3, -0.25) is 0 Å². The fourth-order valence-corrected chi connectivity index (χ4v) is 1.58. The molecule has 0 aliphatic heterocycles. The van der Waals surface area contributed by atoms with Gasteiger partial charge in [0.1, 0.15) is 0 Å². The minimum Gasteiger partial charge on any atom is -0.0702 e.